The summed E-state index contributed by atoms with van der Waals surface area (Å²) in [7, 11) is 0. The Bertz CT molecular complexity index is 199. The van der Waals surface area contributed by atoms with Crippen molar-refractivity contribution in [2.24, 2.45) is 0 Å². The smallest absolute Gasteiger partial charge is 0.0484 e. The van der Waals surface area contributed by atoms with Crippen LogP contribution in [0.15, 0.2) is 0 Å². The van der Waals surface area contributed by atoms with E-state index in [-0.39, 0.29) is 5.54 Å². The predicted molar refractivity (Wildman–Crippen MR) is 76.4 cm³/mol. The van der Waals surface area contributed by atoms with Gasteiger partial charge in [0.1, 0.15) is 0 Å². The summed E-state index contributed by atoms with van der Waals surface area (Å²) in [5.74, 6) is 0. The molecule has 0 aromatic carbocycles. The molecule has 1 saturated heterocycles. The van der Waals surface area contributed by atoms with Gasteiger partial charge in [0.15, 0.2) is 0 Å². The third kappa shape index (κ3) is 4.76. The number of hydrogen-bond acceptors (Lipinski definition) is 2. The molecular weight excluding hydrogens is 232 g/mol. The lowest BCUT2D eigenvalue weighted by Gasteiger charge is -2.43. The normalized spacial score (nSPS) is 26.3. The molecule has 0 aromatic heterocycles. The summed E-state index contributed by atoms with van der Waals surface area (Å²) in [5, 5.41) is 3.49. The molecule has 1 heterocycles. The van der Waals surface area contributed by atoms with Crippen molar-refractivity contribution >= 4 is 11.8 Å². The molecule has 1 unspecified atom stereocenters. The first-order valence-electron chi connectivity index (χ1n) is 7.39. The summed E-state index contributed by atoms with van der Waals surface area (Å²) in [4.78, 5) is 0. The molecule has 2 nitrogen and oxygen atoms in total. The Hall–Kier alpha value is 0.210. The molecule has 0 bridgehead atoms. The molecule has 1 aliphatic rings. The molecule has 0 spiro atoms. The Morgan fingerprint density at radius 1 is 1.12 bits per heavy atom. The highest BCUT2D eigenvalue weighted by molar-refractivity contribution is 6.13. The van der Waals surface area contributed by atoms with Gasteiger partial charge < -0.3 is 5.32 Å². The molecule has 3 heteroatoms. The summed E-state index contributed by atoms with van der Waals surface area (Å²) in [6.07, 6.45) is 10.6. The van der Waals surface area contributed by atoms with E-state index in [9.17, 15) is 0 Å². The van der Waals surface area contributed by atoms with E-state index >= 15 is 0 Å². The zero-order valence-electron chi connectivity index (χ0n) is 11.6. The quantitative estimate of drug-likeness (QED) is 0.525. The lowest BCUT2D eigenvalue weighted by atomic mass is 9.87. The first-order valence-corrected chi connectivity index (χ1v) is 7.73. The summed E-state index contributed by atoms with van der Waals surface area (Å²) >= 11 is 6.40. The fourth-order valence-corrected chi connectivity index (χ4v) is 3.09. The lowest BCUT2D eigenvalue weighted by molar-refractivity contribution is 0.131. The van der Waals surface area contributed by atoms with Gasteiger partial charge in [-0.05, 0) is 24.6 Å². The molecule has 0 aromatic rings. The van der Waals surface area contributed by atoms with Crippen LogP contribution in [0.5, 0.6) is 0 Å². The molecule has 1 atom stereocenters. The van der Waals surface area contributed by atoms with Crippen molar-refractivity contribution in [2.75, 3.05) is 19.6 Å². The van der Waals surface area contributed by atoms with Crippen LogP contribution in [0.1, 0.15) is 65.2 Å². The van der Waals surface area contributed by atoms with Crippen molar-refractivity contribution in [1.29, 1.82) is 0 Å². The summed E-state index contributed by atoms with van der Waals surface area (Å²) in [6, 6.07) is 0. The minimum Gasteiger partial charge on any atom is -0.314 e. The summed E-state index contributed by atoms with van der Waals surface area (Å²) in [5.41, 5.74) is 0.213. The van der Waals surface area contributed by atoms with Crippen LogP contribution in [0.2, 0.25) is 0 Å². The zero-order valence-corrected chi connectivity index (χ0v) is 12.4. The fraction of sp³-hybridized carbons (Fsp3) is 1.00. The minimum atomic E-state index is 0.213. The van der Waals surface area contributed by atoms with Crippen molar-refractivity contribution in [1.82, 2.24) is 9.74 Å². The average molecular weight is 261 g/mol. The largest absolute Gasteiger partial charge is 0.314 e. The van der Waals surface area contributed by atoms with Gasteiger partial charge in [-0.15, -0.1) is 0 Å². The van der Waals surface area contributed by atoms with Crippen molar-refractivity contribution in [3.63, 3.8) is 0 Å². The number of nitrogens with one attached hydrogen (secondary N) is 1. The molecule has 1 N–H and O–H groups in total. The number of rotatable bonds is 8. The Morgan fingerprint density at radius 2 is 1.82 bits per heavy atom. The second-order valence-electron chi connectivity index (χ2n) is 5.36. The predicted octanol–water partition coefficient (Wildman–Crippen LogP) is 3.94. The Kier molecular flexibility index (Phi) is 7.49. The van der Waals surface area contributed by atoms with Crippen molar-refractivity contribution in [2.45, 2.75) is 70.8 Å². The van der Waals surface area contributed by atoms with Crippen LogP contribution in [0.3, 0.4) is 0 Å². The molecule has 0 saturated carbocycles. The molecule has 1 rings (SSSR count). The van der Waals surface area contributed by atoms with E-state index in [2.05, 4.69) is 23.6 Å². The standard InChI is InChI=1S/C14H29ClN2/c1-3-5-6-7-8-9-10-14(4-2)13-16-11-12-17(14)15/h16H,3-13H2,1-2H3. The number of hydrogen-bond donors (Lipinski definition) is 1. The van der Waals surface area contributed by atoms with E-state index in [0.717, 1.165) is 26.1 Å². The van der Waals surface area contributed by atoms with Crippen LogP contribution in [0.4, 0.5) is 0 Å². The molecule has 1 aliphatic heterocycles. The van der Waals surface area contributed by atoms with E-state index < -0.39 is 0 Å². The second-order valence-corrected chi connectivity index (χ2v) is 5.77. The summed E-state index contributed by atoms with van der Waals surface area (Å²) < 4.78 is 2.07. The molecule has 102 valence electrons. The van der Waals surface area contributed by atoms with Gasteiger partial charge in [-0.1, -0.05) is 52.4 Å². The molecule has 17 heavy (non-hydrogen) atoms. The SMILES string of the molecule is CCCCCCCCC1(CC)CNCCN1Cl. The van der Waals surface area contributed by atoms with E-state index in [1.165, 1.54) is 44.9 Å². The third-order valence-corrected chi connectivity index (χ3v) is 4.64. The molecular formula is C14H29ClN2. The van der Waals surface area contributed by atoms with Gasteiger partial charge in [0.2, 0.25) is 0 Å². The van der Waals surface area contributed by atoms with Gasteiger partial charge in [0.25, 0.3) is 0 Å². The first-order chi connectivity index (χ1) is 8.25. The van der Waals surface area contributed by atoms with Gasteiger partial charge in [0.05, 0.1) is 0 Å². The van der Waals surface area contributed by atoms with Crippen LogP contribution in [0.25, 0.3) is 0 Å². The van der Waals surface area contributed by atoms with Gasteiger partial charge >= 0.3 is 0 Å². The van der Waals surface area contributed by atoms with E-state index in [1.807, 2.05) is 0 Å². The van der Waals surface area contributed by atoms with Crippen LogP contribution < -0.4 is 5.32 Å². The van der Waals surface area contributed by atoms with Gasteiger partial charge in [-0.2, -0.15) is 0 Å². The van der Waals surface area contributed by atoms with E-state index in [4.69, 9.17) is 11.8 Å². The Balaban J connectivity index is 2.21. The highest BCUT2D eigenvalue weighted by Crippen LogP contribution is 2.29. The topological polar surface area (TPSA) is 15.3 Å². The number of nitrogens with zero attached hydrogens (tertiary/aromatic N) is 1. The molecule has 0 amide bonds. The first kappa shape index (κ1) is 15.3. The van der Waals surface area contributed by atoms with Crippen LogP contribution in [-0.2, 0) is 0 Å². The molecule has 0 aliphatic carbocycles. The van der Waals surface area contributed by atoms with Gasteiger partial charge in [0, 0.05) is 25.2 Å². The monoisotopic (exact) mass is 260 g/mol. The Morgan fingerprint density at radius 3 is 2.47 bits per heavy atom. The molecule has 1 fully saturated rings. The summed E-state index contributed by atoms with van der Waals surface area (Å²) in [6.45, 7) is 7.60. The second kappa shape index (κ2) is 8.34. The molecule has 0 radical (unpaired) electrons. The third-order valence-electron chi connectivity index (χ3n) is 4.11. The van der Waals surface area contributed by atoms with Crippen molar-refractivity contribution in [3.05, 3.63) is 0 Å². The highest BCUT2D eigenvalue weighted by Gasteiger charge is 2.35. The van der Waals surface area contributed by atoms with Crippen LogP contribution >= 0.6 is 11.8 Å². The highest BCUT2D eigenvalue weighted by atomic mass is 35.5. The number of piperazine rings is 1. The van der Waals surface area contributed by atoms with Crippen molar-refractivity contribution < 1.29 is 0 Å². The fourth-order valence-electron chi connectivity index (χ4n) is 2.74. The van der Waals surface area contributed by atoms with Crippen LogP contribution in [0, 0.1) is 0 Å². The van der Waals surface area contributed by atoms with E-state index in [0.29, 0.717) is 0 Å². The van der Waals surface area contributed by atoms with Gasteiger partial charge in [-0.25, -0.2) is 4.42 Å². The maximum atomic E-state index is 6.40. The average Bonchev–Trinajstić information content (AvgIpc) is 2.36. The maximum Gasteiger partial charge on any atom is 0.0484 e. The lowest BCUT2D eigenvalue weighted by Crippen LogP contribution is -2.57. The zero-order chi connectivity index (χ0) is 12.6. The Labute approximate surface area is 112 Å². The van der Waals surface area contributed by atoms with Crippen molar-refractivity contribution in [3.8, 4) is 0 Å². The number of unbranched alkanes of at least 4 members (excludes halogenated alkanes) is 5. The van der Waals surface area contributed by atoms with E-state index in [1.54, 1.807) is 0 Å². The van der Waals surface area contributed by atoms with Crippen LogP contribution in [-0.4, -0.2) is 29.6 Å². The maximum absolute atomic E-state index is 6.40. The van der Waals surface area contributed by atoms with Gasteiger partial charge in [-0.3, -0.25) is 0 Å². The minimum absolute atomic E-state index is 0.213. The number of halogens is 1.